The maximum Gasteiger partial charge on any atom is 0.165 e. The molecule has 0 saturated carbocycles. The van der Waals surface area contributed by atoms with E-state index in [1.165, 1.54) is 0 Å². The zero-order valence-corrected chi connectivity index (χ0v) is 8.89. The van der Waals surface area contributed by atoms with Gasteiger partial charge in [0.2, 0.25) is 0 Å². The Balaban J connectivity index is 2.69. The number of hydrogen-bond donors (Lipinski definition) is 1. The number of benzene rings is 1. The van der Waals surface area contributed by atoms with Gasteiger partial charge in [0.1, 0.15) is 5.82 Å². The lowest BCUT2D eigenvalue weighted by molar-refractivity contribution is 0.180. The highest BCUT2D eigenvalue weighted by atomic mass is 19.1. The molecular formula is C11H15F2NO. The van der Waals surface area contributed by atoms with Crippen LogP contribution in [0.5, 0.6) is 5.75 Å². The van der Waals surface area contributed by atoms with Gasteiger partial charge in [-0.15, -0.1) is 0 Å². The van der Waals surface area contributed by atoms with Gasteiger partial charge in [0.05, 0.1) is 6.61 Å². The Bertz CT molecular complexity index is 339. The van der Waals surface area contributed by atoms with Gasteiger partial charge in [-0.1, -0.05) is 13.8 Å². The van der Waals surface area contributed by atoms with E-state index in [-0.39, 0.29) is 17.8 Å². The van der Waals surface area contributed by atoms with E-state index in [2.05, 4.69) is 0 Å². The number of halogens is 2. The van der Waals surface area contributed by atoms with Crippen molar-refractivity contribution in [3.63, 3.8) is 0 Å². The van der Waals surface area contributed by atoms with Crippen LogP contribution in [-0.4, -0.2) is 13.2 Å². The summed E-state index contributed by atoms with van der Waals surface area (Å²) in [6, 6.07) is 3.12. The van der Waals surface area contributed by atoms with E-state index in [1.54, 1.807) is 0 Å². The van der Waals surface area contributed by atoms with Crippen molar-refractivity contribution in [2.45, 2.75) is 13.8 Å². The zero-order chi connectivity index (χ0) is 11.5. The van der Waals surface area contributed by atoms with Gasteiger partial charge < -0.3 is 10.5 Å². The molecule has 0 unspecified atom stereocenters. The molecule has 0 heterocycles. The summed E-state index contributed by atoms with van der Waals surface area (Å²) in [5.41, 5.74) is 5.24. The Morgan fingerprint density at radius 1 is 1.33 bits per heavy atom. The molecule has 1 rings (SSSR count). The third kappa shape index (κ3) is 3.47. The third-order valence-electron chi connectivity index (χ3n) is 2.06. The van der Waals surface area contributed by atoms with Crippen LogP contribution in [0.1, 0.15) is 13.8 Å². The SMILES string of the molecule is CC(C)(CN)COc1cc(F)ccc1F. The fourth-order valence-electron chi connectivity index (χ4n) is 0.920. The highest BCUT2D eigenvalue weighted by Gasteiger charge is 2.17. The summed E-state index contributed by atoms with van der Waals surface area (Å²) in [5.74, 6) is -1.15. The minimum absolute atomic E-state index is 0.0727. The van der Waals surface area contributed by atoms with Crippen LogP contribution in [0, 0.1) is 17.0 Å². The largest absolute Gasteiger partial charge is 0.490 e. The topological polar surface area (TPSA) is 35.2 Å². The van der Waals surface area contributed by atoms with Crippen LogP contribution in [0.2, 0.25) is 0 Å². The standard InChI is InChI=1S/C11H15F2NO/c1-11(2,6-14)7-15-10-5-8(12)3-4-9(10)13/h3-5H,6-7,14H2,1-2H3. The van der Waals surface area contributed by atoms with Crippen LogP contribution in [0.3, 0.4) is 0 Å². The molecule has 1 aromatic rings. The average molecular weight is 215 g/mol. The summed E-state index contributed by atoms with van der Waals surface area (Å²) in [7, 11) is 0. The van der Waals surface area contributed by atoms with Crippen molar-refractivity contribution >= 4 is 0 Å². The van der Waals surface area contributed by atoms with Crippen LogP contribution in [0.4, 0.5) is 8.78 Å². The van der Waals surface area contributed by atoms with Gasteiger partial charge in [0.25, 0.3) is 0 Å². The van der Waals surface area contributed by atoms with E-state index in [0.29, 0.717) is 6.54 Å². The highest BCUT2D eigenvalue weighted by molar-refractivity contribution is 5.24. The number of ether oxygens (including phenoxy) is 1. The first-order valence-corrected chi connectivity index (χ1v) is 4.72. The molecule has 0 aliphatic rings. The molecule has 0 amide bonds. The molecular weight excluding hydrogens is 200 g/mol. The quantitative estimate of drug-likeness (QED) is 0.836. The molecule has 0 aliphatic carbocycles. The first kappa shape index (κ1) is 11.9. The summed E-state index contributed by atoms with van der Waals surface area (Å²) in [4.78, 5) is 0. The molecule has 0 aromatic heterocycles. The molecule has 0 bridgehead atoms. The van der Waals surface area contributed by atoms with E-state index >= 15 is 0 Å². The molecule has 0 spiro atoms. The second-order valence-corrected chi connectivity index (χ2v) is 4.23. The van der Waals surface area contributed by atoms with Gasteiger partial charge in [-0.2, -0.15) is 0 Å². The molecule has 4 heteroatoms. The Morgan fingerprint density at radius 3 is 2.60 bits per heavy atom. The summed E-state index contributed by atoms with van der Waals surface area (Å²) >= 11 is 0. The third-order valence-corrected chi connectivity index (χ3v) is 2.06. The predicted octanol–water partition coefficient (Wildman–Crippen LogP) is 2.33. The van der Waals surface area contributed by atoms with E-state index in [0.717, 1.165) is 18.2 Å². The smallest absolute Gasteiger partial charge is 0.165 e. The lowest BCUT2D eigenvalue weighted by atomic mass is 9.95. The Kier molecular flexibility index (Phi) is 3.63. The van der Waals surface area contributed by atoms with Gasteiger partial charge >= 0.3 is 0 Å². The maximum atomic E-state index is 13.1. The van der Waals surface area contributed by atoms with Crippen molar-refractivity contribution in [1.29, 1.82) is 0 Å². The second-order valence-electron chi connectivity index (χ2n) is 4.23. The van der Waals surface area contributed by atoms with Gasteiger partial charge in [-0.25, -0.2) is 8.78 Å². The number of nitrogens with two attached hydrogens (primary N) is 1. The number of rotatable bonds is 4. The molecule has 84 valence electrons. The van der Waals surface area contributed by atoms with E-state index in [4.69, 9.17) is 10.5 Å². The lowest BCUT2D eigenvalue weighted by Gasteiger charge is -2.22. The van der Waals surface area contributed by atoms with Crippen molar-refractivity contribution in [3.05, 3.63) is 29.8 Å². The predicted molar refractivity (Wildman–Crippen MR) is 54.7 cm³/mol. The maximum absolute atomic E-state index is 13.1. The van der Waals surface area contributed by atoms with E-state index in [9.17, 15) is 8.78 Å². The summed E-state index contributed by atoms with van der Waals surface area (Å²) in [6.45, 7) is 4.46. The highest BCUT2D eigenvalue weighted by Crippen LogP contribution is 2.21. The molecule has 0 fully saturated rings. The van der Waals surface area contributed by atoms with Gasteiger partial charge in [-0.3, -0.25) is 0 Å². The van der Waals surface area contributed by atoms with Crippen molar-refractivity contribution in [3.8, 4) is 5.75 Å². The van der Waals surface area contributed by atoms with Crippen LogP contribution in [0.15, 0.2) is 18.2 Å². The van der Waals surface area contributed by atoms with Crippen molar-refractivity contribution in [2.75, 3.05) is 13.2 Å². The first-order chi connectivity index (χ1) is 6.94. The minimum Gasteiger partial charge on any atom is -0.490 e. The van der Waals surface area contributed by atoms with Crippen molar-refractivity contribution < 1.29 is 13.5 Å². The molecule has 0 saturated heterocycles. The molecule has 2 N–H and O–H groups in total. The van der Waals surface area contributed by atoms with Crippen LogP contribution >= 0.6 is 0 Å². The molecule has 15 heavy (non-hydrogen) atoms. The van der Waals surface area contributed by atoms with Gasteiger partial charge in [-0.05, 0) is 12.1 Å². The van der Waals surface area contributed by atoms with Crippen LogP contribution < -0.4 is 10.5 Å². The first-order valence-electron chi connectivity index (χ1n) is 4.72. The molecule has 0 atom stereocenters. The van der Waals surface area contributed by atoms with Crippen LogP contribution in [-0.2, 0) is 0 Å². The zero-order valence-electron chi connectivity index (χ0n) is 8.89. The van der Waals surface area contributed by atoms with E-state index < -0.39 is 11.6 Å². The summed E-state index contributed by atoms with van der Waals surface area (Å²) in [6.07, 6.45) is 0. The van der Waals surface area contributed by atoms with Gasteiger partial charge in [0, 0.05) is 18.0 Å². The molecule has 2 nitrogen and oxygen atoms in total. The number of hydrogen-bond acceptors (Lipinski definition) is 2. The normalized spacial score (nSPS) is 11.5. The lowest BCUT2D eigenvalue weighted by Crippen LogP contribution is -2.30. The minimum atomic E-state index is -0.566. The Morgan fingerprint density at radius 2 is 2.00 bits per heavy atom. The van der Waals surface area contributed by atoms with Crippen molar-refractivity contribution in [1.82, 2.24) is 0 Å². The second kappa shape index (κ2) is 4.57. The van der Waals surface area contributed by atoms with Crippen LogP contribution in [0.25, 0.3) is 0 Å². The molecule has 1 aromatic carbocycles. The monoisotopic (exact) mass is 215 g/mol. The van der Waals surface area contributed by atoms with Crippen molar-refractivity contribution in [2.24, 2.45) is 11.1 Å². The Hall–Kier alpha value is -1.16. The summed E-state index contributed by atoms with van der Waals surface area (Å²) in [5, 5.41) is 0. The van der Waals surface area contributed by atoms with E-state index in [1.807, 2.05) is 13.8 Å². The average Bonchev–Trinajstić information content (AvgIpc) is 2.20. The fourth-order valence-corrected chi connectivity index (χ4v) is 0.920. The Labute approximate surface area is 88.0 Å². The molecule has 0 aliphatic heterocycles. The fraction of sp³-hybridized carbons (Fsp3) is 0.455. The summed E-state index contributed by atoms with van der Waals surface area (Å²) < 4.78 is 31.1. The molecule has 0 radical (unpaired) electrons. The van der Waals surface area contributed by atoms with Gasteiger partial charge in [0.15, 0.2) is 11.6 Å².